The van der Waals surface area contributed by atoms with E-state index in [-0.39, 0.29) is 11.4 Å². The molecular weight excluding hydrogens is 242 g/mol. The number of aromatic carboxylic acids is 1. The predicted octanol–water partition coefficient (Wildman–Crippen LogP) is 3.23. The number of aromatic nitrogens is 1. The summed E-state index contributed by atoms with van der Waals surface area (Å²) in [6.07, 6.45) is 1.40. The second-order valence-electron chi connectivity index (χ2n) is 3.21. The number of carboxylic acid groups (broad SMARTS) is 1. The Hall–Kier alpha value is -2.07. The van der Waals surface area contributed by atoms with Gasteiger partial charge in [0, 0.05) is 11.2 Å². The van der Waals surface area contributed by atoms with Crippen LogP contribution in [-0.2, 0) is 0 Å². The number of benzene rings is 1. The quantitative estimate of drug-likeness (QED) is 0.907. The molecule has 0 bridgehead atoms. The average molecular weight is 250 g/mol. The highest BCUT2D eigenvalue weighted by Gasteiger charge is 2.12. The van der Waals surface area contributed by atoms with E-state index < -0.39 is 5.97 Å². The smallest absolute Gasteiger partial charge is 0.358 e. The highest BCUT2D eigenvalue weighted by atomic mass is 35.5. The molecular formula is C12H8ClNO3. The van der Waals surface area contributed by atoms with Gasteiger partial charge in [-0.3, -0.25) is 0 Å². The summed E-state index contributed by atoms with van der Waals surface area (Å²) in [5.74, 6) is -0.488. The number of rotatable bonds is 3. The van der Waals surface area contributed by atoms with E-state index >= 15 is 0 Å². The van der Waals surface area contributed by atoms with E-state index in [1.54, 1.807) is 30.3 Å². The van der Waals surface area contributed by atoms with Crippen molar-refractivity contribution in [1.29, 1.82) is 0 Å². The normalized spacial score (nSPS) is 9.94. The molecule has 86 valence electrons. The molecule has 0 atom stereocenters. The van der Waals surface area contributed by atoms with Crippen LogP contribution in [0.25, 0.3) is 0 Å². The third-order valence-corrected chi connectivity index (χ3v) is 2.23. The predicted molar refractivity (Wildman–Crippen MR) is 62.7 cm³/mol. The van der Waals surface area contributed by atoms with E-state index in [2.05, 4.69) is 4.98 Å². The number of nitrogens with zero attached hydrogens (tertiary/aromatic N) is 1. The Morgan fingerprint density at radius 3 is 2.82 bits per heavy atom. The van der Waals surface area contributed by atoms with Gasteiger partial charge in [0.1, 0.15) is 5.75 Å². The summed E-state index contributed by atoms with van der Waals surface area (Å²) >= 11 is 5.80. The number of carboxylic acids is 1. The maximum atomic E-state index is 10.9. The summed E-state index contributed by atoms with van der Waals surface area (Å²) in [6, 6.07) is 9.85. The Bertz CT molecular complexity index is 557. The van der Waals surface area contributed by atoms with E-state index in [4.69, 9.17) is 21.4 Å². The minimum atomic E-state index is -1.14. The molecule has 0 aliphatic rings. The Morgan fingerprint density at radius 1 is 1.29 bits per heavy atom. The highest BCUT2D eigenvalue weighted by molar-refractivity contribution is 6.30. The maximum Gasteiger partial charge on any atom is 0.358 e. The van der Waals surface area contributed by atoms with E-state index in [1.807, 2.05) is 0 Å². The number of ether oxygens (including phenoxy) is 1. The molecule has 0 unspecified atom stereocenters. The van der Waals surface area contributed by atoms with Crippen molar-refractivity contribution in [3.05, 3.63) is 53.3 Å². The number of hydrogen-bond donors (Lipinski definition) is 1. The minimum absolute atomic E-state index is 0.132. The molecule has 5 heteroatoms. The molecule has 1 aromatic carbocycles. The van der Waals surface area contributed by atoms with Crippen LogP contribution in [0.3, 0.4) is 0 Å². The molecule has 0 amide bonds. The van der Waals surface area contributed by atoms with E-state index in [1.165, 1.54) is 12.3 Å². The fraction of sp³-hybridized carbons (Fsp3) is 0. The SMILES string of the molecule is O=C(O)c1ncccc1Oc1cccc(Cl)c1. The van der Waals surface area contributed by atoms with E-state index in [0.717, 1.165) is 0 Å². The third-order valence-electron chi connectivity index (χ3n) is 2.00. The highest BCUT2D eigenvalue weighted by Crippen LogP contribution is 2.25. The molecule has 1 heterocycles. The third kappa shape index (κ3) is 2.73. The fourth-order valence-corrected chi connectivity index (χ4v) is 1.47. The Kier molecular flexibility index (Phi) is 3.25. The molecule has 2 rings (SSSR count). The first kappa shape index (κ1) is 11.4. The zero-order valence-electron chi connectivity index (χ0n) is 8.63. The number of halogens is 1. The second kappa shape index (κ2) is 4.84. The first-order valence-electron chi connectivity index (χ1n) is 4.78. The topological polar surface area (TPSA) is 59.4 Å². The lowest BCUT2D eigenvalue weighted by atomic mass is 10.3. The zero-order chi connectivity index (χ0) is 12.3. The van der Waals surface area contributed by atoms with Gasteiger partial charge in [0.25, 0.3) is 0 Å². The summed E-state index contributed by atoms with van der Waals surface area (Å²) in [6.45, 7) is 0. The van der Waals surface area contributed by atoms with Crippen LogP contribution in [0, 0.1) is 0 Å². The van der Waals surface area contributed by atoms with Crippen LogP contribution in [0.15, 0.2) is 42.6 Å². The molecule has 0 aliphatic heterocycles. The van der Waals surface area contributed by atoms with Gasteiger partial charge >= 0.3 is 5.97 Å². The van der Waals surface area contributed by atoms with Crippen molar-refractivity contribution in [2.75, 3.05) is 0 Å². The number of carbonyl (C=O) groups is 1. The van der Waals surface area contributed by atoms with Gasteiger partial charge in [-0.1, -0.05) is 17.7 Å². The van der Waals surface area contributed by atoms with Gasteiger partial charge < -0.3 is 9.84 Å². The molecule has 1 aromatic heterocycles. The summed E-state index contributed by atoms with van der Waals surface area (Å²) < 4.78 is 5.42. The molecule has 0 saturated carbocycles. The van der Waals surface area contributed by atoms with Gasteiger partial charge in [-0.25, -0.2) is 9.78 Å². The van der Waals surface area contributed by atoms with Crippen molar-refractivity contribution in [1.82, 2.24) is 4.98 Å². The van der Waals surface area contributed by atoms with Crippen LogP contribution in [0.4, 0.5) is 0 Å². The van der Waals surface area contributed by atoms with Crippen LogP contribution in [-0.4, -0.2) is 16.1 Å². The van der Waals surface area contributed by atoms with Crippen LogP contribution in [0.1, 0.15) is 10.5 Å². The molecule has 0 fully saturated rings. The molecule has 17 heavy (non-hydrogen) atoms. The van der Waals surface area contributed by atoms with Gasteiger partial charge in [-0.2, -0.15) is 0 Å². The second-order valence-corrected chi connectivity index (χ2v) is 3.65. The van der Waals surface area contributed by atoms with Gasteiger partial charge in [-0.15, -0.1) is 0 Å². The van der Waals surface area contributed by atoms with Gasteiger partial charge in [0.15, 0.2) is 11.4 Å². The number of hydrogen-bond acceptors (Lipinski definition) is 3. The first-order chi connectivity index (χ1) is 8.16. The monoisotopic (exact) mass is 249 g/mol. The first-order valence-corrected chi connectivity index (χ1v) is 5.16. The summed E-state index contributed by atoms with van der Waals surface area (Å²) in [5, 5.41) is 9.45. The minimum Gasteiger partial charge on any atom is -0.476 e. The Labute approximate surface area is 102 Å². The number of pyridine rings is 1. The summed E-state index contributed by atoms with van der Waals surface area (Å²) in [5.41, 5.74) is -0.132. The van der Waals surface area contributed by atoms with Crippen molar-refractivity contribution in [2.24, 2.45) is 0 Å². The average Bonchev–Trinajstić information content (AvgIpc) is 2.29. The summed E-state index contributed by atoms with van der Waals surface area (Å²) in [7, 11) is 0. The molecule has 0 spiro atoms. The lowest BCUT2D eigenvalue weighted by molar-refractivity contribution is 0.0687. The molecule has 0 saturated heterocycles. The fourth-order valence-electron chi connectivity index (χ4n) is 1.29. The lowest BCUT2D eigenvalue weighted by Gasteiger charge is -2.07. The molecule has 0 aliphatic carbocycles. The Morgan fingerprint density at radius 2 is 2.12 bits per heavy atom. The van der Waals surface area contributed by atoms with Gasteiger partial charge in [-0.05, 0) is 30.3 Å². The van der Waals surface area contributed by atoms with Crippen LogP contribution in [0.5, 0.6) is 11.5 Å². The van der Waals surface area contributed by atoms with E-state index in [9.17, 15) is 4.79 Å². The molecule has 1 N–H and O–H groups in total. The molecule has 2 aromatic rings. The largest absolute Gasteiger partial charge is 0.476 e. The standard InChI is InChI=1S/C12H8ClNO3/c13-8-3-1-4-9(7-8)17-10-5-2-6-14-11(10)12(15)16/h1-7H,(H,15,16). The van der Waals surface area contributed by atoms with Crippen LogP contribution >= 0.6 is 11.6 Å². The van der Waals surface area contributed by atoms with Crippen LogP contribution < -0.4 is 4.74 Å². The summed E-state index contributed by atoms with van der Waals surface area (Å²) in [4.78, 5) is 14.6. The maximum absolute atomic E-state index is 10.9. The lowest BCUT2D eigenvalue weighted by Crippen LogP contribution is -2.02. The zero-order valence-corrected chi connectivity index (χ0v) is 9.39. The van der Waals surface area contributed by atoms with Crippen LogP contribution in [0.2, 0.25) is 5.02 Å². The molecule has 0 radical (unpaired) electrons. The van der Waals surface area contributed by atoms with Gasteiger partial charge in [0.05, 0.1) is 0 Å². The van der Waals surface area contributed by atoms with Crippen molar-refractivity contribution in [3.8, 4) is 11.5 Å². The van der Waals surface area contributed by atoms with Crippen molar-refractivity contribution in [2.45, 2.75) is 0 Å². The van der Waals surface area contributed by atoms with Crippen molar-refractivity contribution >= 4 is 17.6 Å². The van der Waals surface area contributed by atoms with E-state index in [0.29, 0.717) is 10.8 Å². The van der Waals surface area contributed by atoms with Crippen molar-refractivity contribution < 1.29 is 14.6 Å². The molecule has 4 nitrogen and oxygen atoms in total. The van der Waals surface area contributed by atoms with Gasteiger partial charge in [0.2, 0.25) is 0 Å². The Balaban J connectivity index is 2.33. The van der Waals surface area contributed by atoms with Crippen molar-refractivity contribution in [3.63, 3.8) is 0 Å².